The molecule has 0 radical (unpaired) electrons. The number of nitrogens with one attached hydrogen (secondary N) is 1. The fourth-order valence-electron chi connectivity index (χ4n) is 5.16. The maximum Gasteiger partial charge on any atom is 0.407 e. The largest absolute Gasteiger partial charge is 0.481 e. The van der Waals surface area contributed by atoms with Gasteiger partial charge >= 0.3 is 12.1 Å². The number of aliphatic carboxylic acids is 1. The number of hydrogen-bond acceptors (Lipinski definition) is 3. The molecule has 5 nitrogen and oxygen atoms in total. The van der Waals surface area contributed by atoms with E-state index in [1.807, 2.05) is 24.3 Å². The Morgan fingerprint density at radius 2 is 1.58 bits per heavy atom. The van der Waals surface area contributed by atoms with Crippen LogP contribution in [-0.2, 0) is 9.53 Å². The standard InChI is InChI=1S/C26H31NO4/c28-25(29)16-19(15-14-18-8-2-1-3-9-18)27-26(30)31-17-24-22-12-6-4-10-20(22)21-11-5-7-13-23(21)24/h4-7,10-13,18-19,24H,1-3,8-9,14-17H2,(H,27,30)(H,28,29). The summed E-state index contributed by atoms with van der Waals surface area (Å²) in [6.45, 7) is 0.238. The van der Waals surface area contributed by atoms with Crippen LogP contribution in [0.5, 0.6) is 0 Å². The zero-order chi connectivity index (χ0) is 21.6. The van der Waals surface area contributed by atoms with E-state index in [0.29, 0.717) is 12.3 Å². The Morgan fingerprint density at radius 3 is 2.19 bits per heavy atom. The minimum atomic E-state index is -0.896. The van der Waals surface area contributed by atoms with Crippen molar-refractivity contribution in [1.29, 1.82) is 0 Å². The maximum absolute atomic E-state index is 12.5. The van der Waals surface area contributed by atoms with E-state index in [0.717, 1.165) is 17.5 Å². The molecule has 31 heavy (non-hydrogen) atoms. The summed E-state index contributed by atoms with van der Waals surface area (Å²) in [5, 5.41) is 12.1. The Morgan fingerprint density at radius 1 is 0.968 bits per heavy atom. The summed E-state index contributed by atoms with van der Waals surface area (Å²) >= 11 is 0. The normalized spacial score (nSPS) is 16.9. The molecule has 0 aliphatic heterocycles. The molecule has 2 aromatic carbocycles. The number of alkyl carbamates (subject to hydrolysis) is 1. The first-order valence-electron chi connectivity index (χ1n) is 11.4. The summed E-state index contributed by atoms with van der Waals surface area (Å²) < 4.78 is 5.60. The van der Waals surface area contributed by atoms with Gasteiger partial charge in [0.1, 0.15) is 6.61 Å². The summed E-state index contributed by atoms with van der Waals surface area (Å²) in [7, 11) is 0. The molecule has 4 rings (SSSR count). The first kappa shape index (κ1) is 21.4. The van der Waals surface area contributed by atoms with Crippen molar-refractivity contribution in [2.75, 3.05) is 6.61 Å². The smallest absolute Gasteiger partial charge is 0.407 e. The van der Waals surface area contributed by atoms with Crippen LogP contribution in [0.15, 0.2) is 48.5 Å². The van der Waals surface area contributed by atoms with Crippen molar-refractivity contribution in [3.05, 3.63) is 59.7 Å². The van der Waals surface area contributed by atoms with E-state index in [9.17, 15) is 14.7 Å². The van der Waals surface area contributed by atoms with Crippen molar-refractivity contribution in [2.24, 2.45) is 5.92 Å². The summed E-state index contributed by atoms with van der Waals surface area (Å²) in [6, 6.07) is 16.0. The summed E-state index contributed by atoms with van der Waals surface area (Å²) in [6.07, 6.45) is 7.28. The van der Waals surface area contributed by atoms with Crippen molar-refractivity contribution in [3.63, 3.8) is 0 Å². The zero-order valence-corrected chi connectivity index (χ0v) is 17.9. The monoisotopic (exact) mass is 421 g/mol. The average molecular weight is 422 g/mol. The molecule has 0 saturated heterocycles. The number of hydrogen-bond donors (Lipinski definition) is 2. The fourth-order valence-corrected chi connectivity index (χ4v) is 5.16. The quantitative estimate of drug-likeness (QED) is 0.571. The predicted molar refractivity (Wildman–Crippen MR) is 120 cm³/mol. The molecule has 5 heteroatoms. The summed E-state index contributed by atoms with van der Waals surface area (Å²) in [4.78, 5) is 23.8. The Bertz CT molecular complexity index is 874. The number of ether oxygens (including phenoxy) is 1. The number of carbonyl (C=O) groups is 2. The number of amides is 1. The van der Waals surface area contributed by atoms with Gasteiger partial charge in [0.05, 0.1) is 6.42 Å². The van der Waals surface area contributed by atoms with E-state index in [1.54, 1.807) is 0 Å². The Balaban J connectivity index is 1.35. The number of fused-ring (bicyclic) bond motifs is 3. The molecule has 0 aromatic heterocycles. The van der Waals surface area contributed by atoms with Gasteiger partial charge < -0.3 is 15.2 Å². The third-order valence-electron chi connectivity index (χ3n) is 6.73. The molecule has 1 amide bonds. The molecular weight excluding hydrogens is 390 g/mol. The average Bonchev–Trinajstić information content (AvgIpc) is 3.10. The summed E-state index contributed by atoms with van der Waals surface area (Å²) in [5.74, 6) is -0.250. The predicted octanol–water partition coefficient (Wildman–Crippen LogP) is 5.73. The lowest BCUT2D eigenvalue weighted by molar-refractivity contribution is -0.137. The van der Waals surface area contributed by atoms with Crippen LogP contribution in [0.3, 0.4) is 0 Å². The molecule has 2 aliphatic carbocycles. The molecule has 0 heterocycles. The van der Waals surface area contributed by atoms with Gasteiger partial charge in [0.2, 0.25) is 0 Å². The van der Waals surface area contributed by atoms with Crippen molar-refractivity contribution in [3.8, 4) is 11.1 Å². The van der Waals surface area contributed by atoms with Gasteiger partial charge in [-0.25, -0.2) is 4.79 Å². The minimum Gasteiger partial charge on any atom is -0.481 e. The molecule has 1 saturated carbocycles. The Kier molecular flexibility index (Phi) is 6.90. The number of carboxylic acids is 1. The first-order valence-corrected chi connectivity index (χ1v) is 11.4. The Hall–Kier alpha value is -2.82. The first-order chi connectivity index (χ1) is 15.1. The van der Waals surface area contributed by atoms with Crippen molar-refractivity contribution in [1.82, 2.24) is 5.32 Å². The molecule has 0 spiro atoms. The number of rotatable bonds is 8. The molecule has 1 atom stereocenters. The second kappa shape index (κ2) is 9.99. The van der Waals surface area contributed by atoms with Gasteiger partial charge in [-0.2, -0.15) is 0 Å². The van der Waals surface area contributed by atoms with Crippen LogP contribution >= 0.6 is 0 Å². The molecular formula is C26H31NO4. The van der Waals surface area contributed by atoms with E-state index < -0.39 is 18.1 Å². The topological polar surface area (TPSA) is 75.6 Å². The molecule has 0 bridgehead atoms. The molecule has 2 aromatic rings. The fraction of sp³-hybridized carbons (Fsp3) is 0.462. The highest BCUT2D eigenvalue weighted by Gasteiger charge is 2.29. The van der Waals surface area contributed by atoms with Crippen LogP contribution in [0.25, 0.3) is 11.1 Å². The second-order valence-electron chi connectivity index (χ2n) is 8.85. The lowest BCUT2D eigenvalue weighted by atomic mass is 9.85. The van der Waals surface area contributed by atoms with Crippen LogP contribution in [0.4, 0.5) is 4.79 Å². The van der Waals surface area contributed by atoms with Crippen LogP contribution in [0.1, 0.15) is 68.4 Å². The highest BCUT2D eigenvalue weighted by Crippen LogP contribution is 2.44. The highest BCUT2D eigenvalue weighted by molar-refractivity contribution is 5.79. The highest BCUT2D eigenvalue weighted by atomic mass is 16.5. The SMILES string of the molecule is O=C(O)CC(CCC1CCCCC1)NC(=O)OCC1c2ccccc2-c2ccccc21. The number of carbonyl (C=O) groups excluding carboxylic acids is 1. The van der Waals surface area contributed by atoms with Crippen molar-refractivity contribution >= 4 is 12.1 Å². The van der Waals surface area contributed by atoms with E-state index in [-0.39, 0.29) is 18.9 Å². The lowest BCUT2D eigenvalue weighted by Gasteiger charge is -2.24. The number of benzene rings is 2. The van der Waals surface area contributed by atoms with Crippen LogP contribution in [0.2, 0.25) is 0 Å². The third-order valence-corrected chi connectivity index (χ3v) is 6.73. The minimum absolute atomic E-state index is 0.00156. The van der Waals surface area contributed by atoms with E-state index in [4.69, 9.17) is 4.74 Å². The van der Waals surface area contributed by atoms with Gasteiger partial charge in [-0.1, -0.05) is 80.6 Å². The van der Waals surface area contributed by atoms with Crippen LogP contribution in [-0.4, -0.2) is 29.8 Å². The molecule has 1 unspecified atom stereocenters. The summed E-state index contributed by atoms with van der Waals surface area (Å²) in [5.41, 5.74) is 4.69. The van der Waals surface area contributed by atoms with E-state index in [2.05, 4.69) is 29.6 Å². The molecule has 2 N–H and O–H groups in total. The molecule has 164 valence electrons. The van der Waals surface area contributed by atoms with Gasteiger partial charge in [-0.3, -0.25) is 4.79 Å². The van der Waals surface area contributed by atoms with Crippen LogP contribution < -0.4 is 5.32 Å². The maximum atomic E-state index is 12.5. The number of carboxylic acid groups (broad SMARTS) is 1. The van der Waals surface area contributed by atoms with Gasteiger partial charge in [0.25, 0.3) is 0 Å². The van der Waals surface area contributed by atoms with Gasteiger partial charge in [-0.05, 0) is 41.0 Å². The molecule has 2 aliphatic rings. The van der Waals surface area contributed by atoms with Gasteiger partial charge in [0, 0.05) is 12.0 Å². The zero-order valence-electron chi connectivity index (χ0n) is 17.9. The van der Waals surface area contributed by atoms with Gasteiger partial charge in [0.15, 0.2) is 0 Å². The van der Waals surface area contributed by atoms with E-state index >= 15 is 0 Å². The van der Waals surface area contributed by atoms with E-state index in [1.165, 1.54) is 43.2 Å². The Labute approximate surface area is 183 Å². The lowest BCUT2D eigenvalue weighted by Crippen LogP contribution is -2.37. The second-order valence-corrected chi connectivity index (χ2v) is 8.85. The van der Waals surface area contributed by atoms with Crippen molar-refractivity contribution < 1.29 is 19.4 Å². The molecule has 1 fully saturated rings. The third kappa shape index (κ3) is 5.27. The van der Waals surface area contributed by atoms with Crippen molar-refractivity contribution in [2.45, 2.75) is 63.3 Å². The van der Waals surface area contributed by atoms with Gasteiger partial charge in [-0.15, -0.1) is 0 Å². The van der Waals surface area contributed by atoms with Crippen LogP contribution in [0, 0.1) is 5.92 Å².